The van der Waals surface area contributed by atoms with Gasteiger partial charge in [-0.3, -0.25) is 9.63 Å². The van der Waals surface area contributed by atoms with Gasteiger partial charge in [0.05, 0.1) is 12.0 Å². The molecule has 0 aliphatic rings. The van der Waals surface area contributed by atoms with Gasteiger partial charge in [0.1, 0.15) is 0 Å². The molecule has 122 valence electrons. The van der Waals surface area contributed by atoms with E-state index in [1.165, 1.54) is 38.4 Å². The molecule has 0 atom stereocenters. The number of carbonyl (C=O) groups is 1. The van der Waals surface area contributed by atoms with Crippen LogP contribution < -0.4 is 5.32 Å². The van der Waals surface area contributed by atoms with Crippen molar-refractivity contribution in [3.05, 3.63) is 58.6 Å². The highest BCUT2D eigenvalue weighted by atomic mass is 79.9. The van der Waals surface area contributed by atoms with Crippen LogP contribution in [0.15, 0.2) is 57.9 Å². The number of carbonyl (C=O) groups excluding carboxylic acids is 1. The second-order valence-corrected chi connectivity index (χ2v) is 7.43. The number of halogens is 1. The molecule has 0 spiro atoms. The first kappa shape index (κ1) is 17.6. The lowest BCUT2D eigenvalue weighted by Crippen LogP contribution is -2.25. The first-order valence-electron chi connectivity index (χ1n) is 6.54. The summed E-state index contributed by atoms with van der Waals surface area (Å²) in [4.78, 5) is 16.9. The molecule has 1 amide bonds. The van der Waals surface area contributed by atoms with Crippen molar-refractivity contribution >= 4 is 37.5 Å². The largest absolute Gasteiger partial charge is 0.322 e. The third-order valence-corrected chi connectivity index (χ3v) is 5.33. The van der Waals surface area contributed by atoms with E-state index >= 15 is 0 Å². The minimum Gasteiger partial charge on any atom is -0.322 e. The lowest BCUT2D eigenvalue weighted by Gasteiger charge is -2.14. The average molecular weight is 399 g/mol. The van der Waals surface area contributed by atoms with E-state index in [4.69, 9.17) is 4.84 Å². The molecular weight excluding hydrogens is 384 g/mol. The van der Waals surface area contributed by atoms with E-state index in [1.54, 1.807) is 12.1 Å². The van der Waals surface area contributed by atoms with Gasteiger partial charge in [-0.25, -0.2) is 8.42 Å². The fourth-order valence-corrected chi connectivity index (χ4v) is 3.00. The Kier molecular flexibility index (Phi) is 5.53. The predicted octanol–water partition coefficient (Wildman–Crippen LogP) is 2.88. The van der Waals surface area contributed by atoms with Crippen LogP contribution in [0.1, 0.15) is 10.4 Å². The molecule has 0 heterocycles. The number of nitrogens with zero attached hydrogens (tertiary/aromatic N) is 1. The molecule has 0 saturated carbocycles. The maximum absolute atomic E-state index is 12.1. The summed E-state index contributed by atoms with van der Waals surface area (Å²) in [7, 11) is -1.16. The Morgan fingerprint density at radius 3 is 2.17 bits per heavy atom. The van der Waals surface area contributed by atoms with Gasteiger partial charge in [0.2, 0.25) is 0 Å². The summed E-state index contributed by atoms with van der Waals surface area (Å²) in [5, 5.41) is 2.73. The number of rotatable bonds is 5. The van der Waals surface area contributed by atoms with Gasteiger partial charge in [-0.15, -0.1) is 0 Å². The molecule has 2 aromatic carbocycles. The zero-order valence-corrected chi connectivity index (χ0v) is 14.9. The number of sulfonamides is 1. The maximum atomic E-state index is 12.1. The molecule has 0 aliphatic carbocycles. The first-order valence-corrected chi connectivity index (χ1v) is 8.78. The van der Waals surface area contributed by atoms with E-state index in [9.17, 15) is 13.2 Å². The molecule has 0 aromatic heterocycles. The zero-order chi connectivity index (χ0) is 17.0. The molecule has 1 N–H and O–H groups in total. The molecule has 0 unspecified atom stereocenters. The molecular formula is C15H15BrN2O4S. The SMILES string of the molecule is CON(C)S(=O)(=O)c1ccc(C(=O)Nc2ccc(Br)cc2)cc1. The first-order chi connectivity index (χ1) is 10.8. The smallest absolute Gasteiger partial charge is 0.264 e. The minimum atomic E-state index is -3.72. The summed E-state index contributed by atoms with van der Waals surface area (Å²) in [6, 6.07) is 12.8. The number of hydroxylamine groups is 1. The van der Waals surface area contributed by atoms with Crippen molar-refractivity contribution in [1.29, 1.82) is 0 Å². The number of anilines is 1. The number of amides is 1. The molecule has 8 heteroatoms. The van der Waals surface area contributed by atoms with Crippen LogP contribution in [-0.4, -0.2) is 33.0 Å². The summed E-state index contributed by atoms with van der Waals surface area (Å²) in [5.41, 5.74) is 1.00. The Morgan fingerprint density at radius 1 is 1.09 bits per heavy atom. The van der Waals surface area contributed by atoms with Crippen molar-refractivity contribution in [1.82, 2.24) is 4.47 Å². The van der Waals surface area contributed by atoms with Crippen molar-refractivity contribution in [3.8, 4) is 0 Å². The van der Waals surface area contributed by atoms with Crippen LogP contribution in [0.4, 0.5) is 5.69 Å². The fourth-order valence-electron chi connectivity index (χ4n) is 1.76. The monoisotopic (exact) mass is 398 g/mol. The Morgan fingerprint density at radius 2 is 1.65 bits per heavy atom. The van der Waals surface area contributed by atoms with Crippen molar-refractivity contribution < 1.29 is 18.0 Å². The average Bonchev–Trinajstić information content (AvgIpc) is 2.56. The van der Waals surface area contributed by atoms with Crippen molar-refractivity contribution in [2.24, 2.45) is 0 Å². The number of hydrogen-bond acceptors (Lipinski definition) is 4. The topological polar surface area (TPSA) is 75.7 Å². The van der Waals surface area contributed by atoms with E-state index in [0.717, 1.165) is 8.94 Å². The lowest BCUT2D eigenvalue weighted by atomic mass is 10.2. The van der Waals surface area contributed by atoms with Gasteiger partial charge in [0.25, 0.3) is 15.9 Å². The highest BCUT2D eigenvalue weighted by Gasteiger charge is 2.20. The summed E-state index contributed by atoms with van der Waals surface area (Å²) in [5.74, 6) is -0.323. The Balaban J connectivity index is 2.16. The standard InChI is InChI=1S/C15H15BrN2O4S/c1-18(22-2)23(20,21)14-9-3-11(4-10-14)15(19)17-13-7-5-12(16)6-8-13/h3-10H,1-2H3,(H,17,19). The quantitative estimate of drug-likeness (QED) is 0.785. The molecule has 0 bridgehead atoms. The van der Waals surface area contributed by atoms with Crippen molar-refractivity contribution in [2.45, 2.75) is 4.90 Å². The van der Waals surface area contributed by atoms with Gasteiger partial charge >= 0.3 is 0 Å². The maximum Gasteiger partial charge on any atom is 0.264 e. The van der Waals surface area contributed by atoms with Gasteiger partial charge in [-0.2, -0.15) is 0 Å². The fraction of sp³-hybridized carbons (Fsp3) is 0.133. The predicted molar refractivity (Wildman–Crippen MR) is 90.5 cm³/mol. The van der Waals surface area contributed by atoms with Crippen LogP contribution in [0, 0.1) is 0 Å². The Bertz CT molecular complexity index is 789. The zero-order valence-electron chi connectivity index (χ0n) is 12.5. The minimum absolute atomic E-state index is 0.0436. The van der Waals surface area contributed by atoms with Crippen LogP contribution >= 0.6 is 15.9 Å². The van der Waals surface area contributed by atoms with Crippen molar-refractivity contribution in [3.63, 3.8) is 0 Å². The van der Waals surface area contributed by atoms with Crippen LogP contribution in [-0.2, 0) is 14.9 Å². The summed E-state index contributed by atoms with van der Waals surface area (Å²) in [6.45, 7) is 0. The van der Waals surface area contributed by atoms with E-state index in [0.29, 0.717) is 11.3 Å². The number of benzene rings is 2. The van der Waals surface area contributed by atoms with E-state index in [1.807, 2.05) is 12.1 Å². The highest BCUT2D eigenvalue weighted by Crippen LogP contribution is 2.17. The van der Waals surface area contributed by atoms with Gasteiger partial charge in [0.15, 0.2) is 0 Å². The second kappa shape index (κ2) is 7.22. The van der Waals surface area contributed by atoms with Crippen LogP contribution in [0.2, 0.25) is 0 Å². The lowest BCUT2D eigenvalue weighted by molar-refractivity contribution is -0.0258. The summed E-state index contributed by atoms with van der Waals surface area (Å²) < 4.78 is 25.8. The summed E-state index contributed by atoms with van der Waals surface area (Å²) >= 11 is 3.32. The van der Waals surface area contributed by atoms with E-state index in [-0.39, 0.29) is 10.8 Å². The van der Waals surface area contributed by atoms with Crippen LogP contribution in [0.5, 0.6) is 0 Å². The molecule has 2 aromatic rings. The van der Waals surface area contributed by atoms with Crippen LogP contribution in [0.25, 0.3) is 0 Å². The summed E-state index contributed by atoms with van der Waals surface area (Å²) in [6.07, 6.45) is 0. The number of hydrogen-bond donors (Lipinski definition) is 1. The molecule has 23 heavy (non-hydrogen) atoms. The van der Waals surface area contributed by atoms with Crippen LogP contribution in [0.3, 0.4) is 0 Å². The third-order valence-electron chi connectivity index (χ3n) is 3.11. The molecule has 2 rings (SSSR count). The Hall–Kier alpha value is -1.74. The molecule has 0 fully saturated rings. The third kappa shape index (κ3) is 4.17. The van der Waals surface area contributed by atoms with Crippen molar-refractivity contribution in [2.75, 3.05) is 19.5 Å². The molecule has 0 radical (unpaired) electrons. The second-order valence-electron chi connectivity index (χ2n) is 4.58. The van der Waals surface area contributed by atoms with Gasteiger partial charge in [-0.1, -0.05) is 20.4 Å². The van der Waals surface area contributed by atoms with E-state index < -0.39 is 10.0 Å². The van der Waals surface area contributed by atoms with E-state index in [2.05, 4.69) is 21.2 Å². The molecule has 6 nitrogen and oxygen atoms in total. The molecule has 0 saturated heterocycles. The van der Waals surface area contributed by atoms with Gasteiger partial charge in [-0.05, 0) is 48.5 Å². The Labute approximate surface area is 143 Å². The highest BCUT2D eigenvalue weighted by molar-refractivity contribution is 9.10. The van der Waals surface area contributed by atoms with Gasteiger partial charge < -0.3 is 5.32 Å². The molecule has 0 aliphatic heterocycles. The normalized spacial score (nSPS) is 11.5. The number of nitrogens with one attached hydrogen (secondary N) is 1. The van der Waals surface area contributed by atoms with Gasteiger partial charge in [0, 0.05) is 22.8 Å².